The highest BCUT2D eigenvalue weighted by atomic mass is 16.5. The number of amides is 2. The van der Waals surface area contributed by atoms with E-state index >= 15 is 0 Å². The maximum Gasteiger partial charge on any atom is 0.312 e. The van der Waals surface area contributed by atoms with Crippen molar-refractivity contribution in [2.75, 3.05) is 6.54 Å². The molecular formula is C33H25NO4. The van der Waals surface area contributed by atoms with E-state index in [1.165, 1.54) is 4.90 Å². The van der Waals surface area contributed by atoms with Crippen LogP contribution >= 0.6 is 0 Å². The third-order valence-electron chi connectivity index (χ3n) is 8.27. The second kappa shape index (κ2) is 8.80. The van der Waals surface area contributed by atoms with E-state index in [9.17, 15) is 14.4 Å². The van der Waals surface area contributed by atoms with Crippen LogP contribution in [0.5, 0.6) is 5.75 Å². The molecule has 0 aromatic heterocycles. The molecule has 0 radical (unpaired) electrons. The molecule has 2 bridgehead atoms. The number of likely N-dealkylation sites (tertiary alicyclic amines) is 1. The van der Waals surface area contributed by atoms with Crippen molar-refractivity contribution in [1.82, 2.24) is 4.90 Å². The fourth-order valence-electron chi connectivity index (χ4n) is 6.69. The third-order valence-corrected chi connectivity index (χ3v) is 8.27. The van der Waals surface area contributed by atoms with Gasteiger partial charge >= 0.3 is 5.97 Å². The summed E-state index contributed by atoms with van der Waals surface area (Å²) in [4.78, 5) is 41.3. The lowest BCUT2D eigenvalue weighted by Gasteiger charge is -2.45. The molecule has 1 fully saturated rings. The molecule has 5 nitrogen and oxygen atoms in total. The fraction of sp³-hybridized carbons (Fsp3) is 0.182. The summed E-state index contributed by atoms with van der Waals surface area (Å²) in [6, 6.07) is 33.6. The summed E-state index contributed by atoms with van der Waals surface area (Å²) < 4.78 is 5.52. The van der Waals surface area contributed by atoms with Gasteiger partial charge in [-0.2, -0.15) is 0 Å². The van der Waals surface area contributed by atoms with Gasteiger partial charge in [-0.3, -0.25) is 19.3 Å². The summed E-state index contributed by atoms with van der Waals surface area (Å²) in [7, 11) is 0. The van der Waals surface area contributed by atoms with Crippen molar-refractivity contribution in [1.29, 1.82) is 0 Å². The van der Waals surface area contributed by atoms with Gasteiger partial charge in [0.05, 0.1) is 18.3 Å². The molecule has 186 valence electrons. The van der Waals surface area contributed by atoms with Crippen LogP contribution in [0.1, 0.15) is 40.5 Å². The number of ether oxygens (including phenoxy) is 1. The van der Waals surface area contributed by atoms with E-state index in [1.807, 2.05) is 66.7 Å². The van der Waals surface area contributed by atoms with Crippen LogP contribution in [0.15, 0.2) is 103 Å². The van der Waals surface area contributed by atoms with E-state index in [0.717, 1.165) is 33.4 Å². The lowest BCUT2D eigenvalue weighted by molar-refractivity contribution is -0.141. The SMILES string of the molecule is O=C(CCN1C(=O)[C@@H]2C3c4ccccc4C(c4ccccc43)[C@@H]2C1=O)Oc1ccc(-c2ccccc2)cc1. The molecule has 2 atom stereocenters. The lowest BCUT2D eigenvalue weighted by atomic mass is 9.55. The number of esters is 1. The Hall–Kier alpha value is -4.51. The lowest BCUT2D eigenvalue weighted by Crippen LogP contribution is -2.41. The smallest absolute Gasteiger partial charge is 0.312 e. The van der Waals surface area contributed by atoms with E-state index in [4.69, 9.17) is 4.74 Å². The standard InChI is InChI=1S/C33H25NO4/c35-27(38-22-16-14-21(15-17-22)20-8-2-1-3-9-20)18-19-34-32(36)30-28-23-10-4-5-11-24(23)29(31(30)33(34)37)26-13-7-6-12-25(26)28/h1-17,28-31H,18-19H2/t28?,29?,30-,31+. The summed E-state index contributed by atoms with van der Waals surface area (Å²) in [6.07, 6.45) is -0.0490. The molecule has 4 aliphatic rings. The summed E-state index contributed by atoms with van der Waals surface area (Å²) in [5, 5.41) is 0. The Kier molecular flexibility index (Phi) is 5.25. The van der Waals surface area contributed by atoms with Gasteiger partial charge < -0.3 is 4.74 Å². The highest BCUT2D eigenvalue weighted by Crippen LogP contribution is 2.60. The number of hydrogen-bond donors (Lipinski definition) is 0. The molecule has 0 unspecified atom stereocenters. The highest BCUT2D eigenvalue weighted by Gasteiger charge is 2.61. The van der Waals surface area contributed by atoms with Crippen molar-refractivity contribution in [3.8, 4) is 16.9 Å². The summed E-state index contributed by atoms with van der Waals surface area (Å²) >= 11 is 0. The molecule has 8 rings (SSSR count). The van der Waals surface area contributed by atoms with Gasteiger partial charge in [0.2, 0.25) is 11.8 Å². The average molecular weight is 500 g/mol. The Labute approximate surface area is 220 Å². The molecule has 3 aliphatic carbocycles. The van der Waals surface area contributed by atoms with Gasteiger partial charge in [-0.05, 0) is 45.5 Å². The molecule has 4 aromatic rings. The normalized spacial score (nSPS) is 22.6. The van der Waals surface area contributed by atoms with Crippen LogP contribution in [0, 0.1) is 11.8 Å². The van der Waals surface area contributed by atoms with Gasteiger partial charge in [0.1, 0.15) is 5.75 Å². The fourth-order valence-corrected chi connectivity index (χ4v) is 6.69. The molecular weight excluding hydrogens is 474 g/mol. The van der Waals surface area contributed by atoms with Gasteiger partial charge in [-0.25, -0.2) is 0 Å². The zero-order chi connectivity index (χ0) is 25.8. The molecule has 4 aromatic carbocycles. The monoisotopic (exact) mass is 499 g/mol. The van der Waals surface area contributed by atoms with Crippen LogP contribution in [0.4, 0.5) is 0 Å². The van der Waals surface area contributed by atoms with Crippen molar-refractivity contribution >= 4 is 17.8 Å². The van der Waals surface area contributed by atoms with Crippen molar-refractivity contribution in [3.05, 3.63) is 125 Å². The molecule has 38 heavy (non-hydrogen) atoms. The van der Waals surface area contributed by atoms with E-state index in [0.29, 0.717) is 5.75 Å². The Morgan fingerprint density at radius 1 is 0.605 bits per heavy atom. The topological polar surface area (TPSA) is 63.7 Å². The summed E-state index contributed by atoms with van der Waals surface area (Å²) in [6.45, 7) is 0.0255. The number of rotatable bonds is 5. The molecule has 0 spiro atoms. The molecule has 0 N–H and O–H groups in total. The first-order valence-corrected chi connectivity index (χ1v) is 13.0. The van der Waals surface area contributed by atoms with Crippen molar-refractivity contribution < 1.29 is 19.1 Å². The van der Waals surface area contributed by atoms with Crippen molar-refractivity contribution in [2.45, 2.75) is 18.3 Å². The quantitative estimate of drug-likeness (QED) is 0.205. The Bertz CT molecular complexity index is 1460. The molecule has 5 heteroatoms. The number of carbonyl (C=O) groups excluding carboxylic acids is 3. The molecule has 0 saturated carbocycles. The maximum atomic E-state index is 13.7. The number of nitrogens with zero attached hydrogens (tertiary/aromatic N) is 1. The van der Waals surface area contributed by atoms with Gasteiger partial charge in [-0.1, -0.05) is 91.0 Å². The second-order valence-corrected chi connectivity index (χ2v) is 10.2. The van der Waals surface area contributed by atoms with Crippen LogP contribution in [0.25, 0.3) is 11.1 Å². The van der Waals surface area contributed by atoms with E-state index in [-0.39, 0.29) is 36.6 Å². The van der Waals surface area contributed by atoms with E-state index < -0.39 is 17.8 Å². The maximum absolute atomic E-state index is 13.7. The van der Waals surface area contributed by atoms with Crippen molar-refractivity contribution in [2.24, 2.45) is 11.8 Å². The predicted octanol–water partition coefficient (Wildman–Crippen LogP) is 5.54. The number of hydrogen-bond acceptors (Lipinski definition) is 4. The van der Waals surface area contributed by atoms with Crippen LogP contribution in [-0.4, -0.2) is 29.2 Å². The van der Waals surface area contributed by atoms with Crippen LogP contribution < -0.4 is 4.74 Å². The van der Waals surface area contributed by atoms with Crippen molar-refractivity contribution in [3.63, 3.8) is 0 Å². The largest absolute Gasteiger partial charge is 0.426 e. The zero-order valence-electron chi connectivity index (χ0n) is 20.6. The average Bonchev–Trinajstić information content (AvgIpc) is 3.22. The minimum Gasteiger partial charge on any atom is -0.426 e. The first-order valence-electron chi connectivity index (χ1n) is 13.0. The number of benzene rings is 4. The van der Waals surface area contributed by atoms with Crippen LogP contribution in [0.2, 0.25) is 0 Å². The molecule has 1 heterocycles. The van der Waals surface area contributed by atoms with Gasteiger partial charge in [0.15, 0.2) is 0 Å². The second-order valence-electron chi connectivity index (χ2n) is 10.2. The Morgan fingerprint density at radius 2 is 1.05 bits per heavy atom. The minimum atomic E-state index is -0.470. The predicted molar refractivity (Wildman–Crippen MR) is 142 cm³/mol. The third kappa shape index (κ3) is 3.42. The summed E-state index contributed by atoms with van der Waals surface area (Å²) in [5.41, 5.74) is 6.66. The minimum absolute atomic E-state index is 0.0255. The molecule has 2 amide bonds. The first kappa shape index (κ1) is 22.7. The molecule has 1 aliphatic heterocycles. The van der Waals surface area contributed by atoms with Crippen LogP contribution in [0.3, 0.4) is 0 Å². The van der Waals surface area contributed by atoms with Gasteiger partial charge in [0, 0.05) is 18.4 Å². The first-order chi connectivity index (χ1) is 18.6. The highest BCUT2D eigenvalue weighted by molar-refractivity contribution is 6.07. The van der Waals surface area contributed by atoms with Crippen LogP contribution in [-0.2, 0) is 14.4 Å². The zero-order valence-corrected chi connectivity index (χ0v) is 20.6. The Morgan fingerprint density at radius 3 is 1.55 bits per heavy atom. The Balaban J connectivity index is 1.08. The number of imide groups is 1. The van der Waals surface area contributed by atoms with Gasteiger partial charge in [0.25, 0.3) is 0 Å². The van der Waals surface area contributed by atoms with E-state index in [2.05, 4.69) is 24.3 Å². The van der Waals surface area contributed by atoms with Gasteiger partial charge in [-0.15, -0.1) is 0 Å². The number of carbonyl (C=O) groups is 3. The molecule has 1 saturated heterocycles. The summed E-state index contributed by atoms with van der Waals surface area (Å²) in [5.74, 6) is -1.55. The van der Waals surface area contributed by atoms with E-state index in [1.54, 1.807) is 12.1 Å².